The highest BCUT2D eigenvalue weighted by Crippen LogP contribution is 2.30. The number of unbranched alkanes of at least 4 members (excludes halogenated alkanes) is 1. The Morgan fingerprint density at radius 1 is 1.20 bits per heavy atom. The quantitative estimate of drug-likeness (QED) is 0.382. The number of aromatic nitrogens is 2. The van der Waals surface area contributed by atoms with E-state index in [0.717, 1.165) is 35.9 Å². The number of carbonyl (C=O) groups is 1. The summed E-state index contributed by atoms with van der Waals surface area (Å²) in [5, 5.41) is 2.34. The van der Waals surface area contributed by atoms with E-state index in [1.54, 1.807) is 11.3 Å². The van der Waals surface area contributed by atoms with Crippen LogP contribution in [0.5, 0.6) is 0 Å². The van der Waals surface area contributed by atoms with Gasteiger partial charge in [0, 0.05) is 43.7 Å². The monoisotopic (exact) mass is 423 g/mol. The first-order valence-corrected chi connectivity index (χ1v) is 12.2. The number of rotatable bonds is 9. The maximum absolute atomic E-state index is 13.1. The fraction of sp³-hybridized carbons (Fsp3) is 0.520. The maximum atomic E-state index is 13.1. The van der Waals surface area contributed by atoms with Gasteiger partial charge < -0.3 is 9.47 Å². The number of nitrogens with zero attached hydrogens (tertiary/aromatic N) is 3. The second-order valence-corrected chi connectivity index (χ2v) is 9.69. The first-order chi connectivity index (χ1) is 14.7. The standard InChI is InChI=1S/C25H33N3OS/c1-3-4-10-19(15-20-18-27(2)22-12-7-6-11-21(20)22)16-23(29)24-17-26-25(30-24)28-13-8-5-9-14-28/h6-7,11-12,17-19H,3-5,8-10,13-16H2,1-2H3. The number of para-hydroxylation sites is 1. The lowest BCUT2D eigenvalue weighted by Gasteiger charge is -2.25. The first-order valence-electron chi connectivity index (χ1n) is 11.4. The van der Waals surface area contributed by atoms with Crippen molar-refractivity contribution in [3.05, 3.63) is 47.1 Å². The lowest BCUT2D eigenvalue weighted by atomic mass is 9.89. The third kappa shape index (κ3) is 4.77. The summed E-state index contributed by atoms with van der Waals surface area (Å²) in [7, 11) is 2.11. The summed E-state index contributed by atoms with van der Waals surface area (Å²) in [5.74, 6) is 0.640. The first kappa shape index (κ1) is 21.1. The number of ketones is 1. The van der Waals surface area contributed by atoms with Gasteiger partial charge in [-0.05, 0) is 49.7 Å². The van der Waals surface area contributed by atoms with Crippen molar-refractivity contribution in [2.24, 2.45) is 13.0 Å². The molecule has 1 aliphatic heterocycles. The van der Waals surface area contributed by atoms with Crippen LogP contribution in [0.25, 0.3) is 10.9 Å². The van der Waals surface area contributed by atoms with Crippen LogP contribution in [0, 0.1) is 5.92 Å². The summed E-state index contributed by atoms with van der Waals surface area (Å²) in [5.41, 5.74) is 2.63. The van der Waals surface area contributed by atoms with Crippen LogP contribution in [0.2, 0.25) is 0 Å². The van der Waals surface area contributed by atoms with Gasteiger partial charge >= 0.3 is 0 Å². The number of anilines is 1. The topological polar surface area (TPSA) is 38.1 Å². The number of hydrogen-bond donors (Lipinski definition) is 0. The van der Waals surface area contributed by atoms with Crippen molar-refractivity contribution in [1.29, 1.82) is 0 Å². The van der Waals surface area contributed by atoms with Gasteiger partial charge in [-0.25, -0.2) is 4.98 Å². The van der Waals surface area contributed by atoms with Crippen LogP contribution in [-0.4, -0.2) is 28.4 Å². The number of fused-ring (bicyclic) bond motifs is 1. The molecular formula is C25H33N3OS. The molecule has 3 aromatic rings. The van der Waals surface area contributed by atoms with Gasteiger partial charge in [0.2, 0.25) is 0 Å². The number of carbonyl (C=O) groups excluding carboxylic acids is 1. The van der Waals surface area contributed by atoms with Crippen LogP contribution in [0.4, 0.5) is 5.13 Å². The molecule has 5 heteroatoms. The number of piperidine rings is 1. The number of benzene rings is 1. The molecule has 1 fully saturated rings. The van der Waals surface area contributed by atoms with Crippen LogP contribution in [0.15, 0.2) is 36.7 Å². The Morgan fingerprint density at radius 3 is 2.80 bits per heavy atom. The molecular weight excluding hydrogens is 390 g/mol. The minimum Gasteiger partial charge on any atom is -0.350 e. The van der Waals surface area contributed by atoms with Crippen LogP contribution in [0.3, 0.4) is 0 Å². The van der Waals surface area contributed by atoms with E-state index in [0.29, 0.717) is 12.3 Å². The Labute approximate surface area is 183 Å². The second kappa shape index (κ2) is 9.78. The minimum atomic E-state index is 0.261. The van der Waals surface area contributed by atoms with Gasteiger partial charge in [-0.2, -0.15) is 0 Å². The highest BCUT2D eigenvalue weighted by molar-refractivity contribution is 7.17. The van der Waals surface area contributed by atoms with E-state index < -0.39 is 0 Å². The van der Waals surface area contributed by atoms with E-state index in [1.807, 2.05) is 6.20 Å². The molecule has 4 rings (SSSR count). The summed E-state index contributed by atoms with van der Waals surface area (Å²) in [6, 6.07) is 8.58. The summed E-state index contributed by atoms with van der Waals surface area (Å²) in [4.78, 5) is 20.9. The van der Waals surface area contributed by atoms with Crippen LogP contribution >= 0.6 is 11.3 Å². The van der Waals surface area contributed by atoms with Gasteiger partial charge in [-0.15, -0.1) is 0 Å². The Morgan fingerprint density at radius 2 is 2.00 bits per heavy atom. The smallest absolute Gasteiger partial charge is 0.185 e. The minimum absolute atomic E-state index is 0.261. The van der Waals surface area contributed by atoms with E-state index >= 15 is 0 Å². The van der Waals surface area contributed by atoms with Crippen molar-refractivity contribution in [3.8, 4) is 0 Å². The zero-order valence-corrected chi connectivity index (χ0v) is 19.1. The Bertz CT molecular complexity index is 983. The normalized spacial score (nSPS) is 15.6. The molecule has 0 spiro atoms. The molecule has 0 aliphatic carbocycles. The number of Topliss-reactive ketones (excluding diaryl/α,β-unsaturated/α-hetero) is 1. The molecule has 0 bridgehead atoms. The van der Waals surface area contributed by atoms with Crippen LogP contribution in [-0.2, 0) is 13.5 Å². The zero-order chi connectivity index (χ0) is 20.9. The maximum Gasteiger partial charge on any atom is 0.185 e. The summed E-state index contributed by atoms with van der Waals surface area (Å²) in [6.07, 6.45) is 12.8. The lowest BCUT2D eigenvalue weighted by Crippen LogP contribution is -2.29. The molecule has 1 aromatic carbocycles. The van der Waals surface area contributed by atoms with E-state index in [-0.39, 0.29) is 5.78 Å². The fourth-order valence-corrected chi connectivity index (χ4v) is 5.57. The molecule has 0 radical (unpaired) electrons. The number of thiazole rings is 1. The summed E-state index contributed by atoms with van der Waals surface area (Å²) in [6.45, 7) is 4.37. The summed E-state index contributed by atoms with van der Waals surface area (Å²) < 4.78 is 2.21. The molecule has 0 N–H and O–H groups in total. The van der Waals surface area contributed by atoms with Gasteiger partial charge in [0.05, 0.1) is 11.1 Å². The molecule has 1 atom stereocenters. The van der Waals surface area contributed by atoms with Crippen molar-refractivity contribution in [2.75, 3.05) is 18.0 Å². The Balaban J connectivity index is 1.47. The summed E-state index contributed by atoms with van der Waals surface area (Å²) >= 11 is 1.59. The molecule has 4 nitrogen and oxygen atoms in total. The molecule has 0 amide bonds. The molecule has 160 valence electrons. The van der Waals surface area contributed by atoms with Crippen LogP contribution in [0.1, 0.15) is 67.1 Å². The van der Waals surface area contributed by atoms with Crippen molar-refractivity contribution in [3.63, 3.8) is 0 Å². The van der Waals surface area contributed by atoms with E-state index in [2.05, 4.69) is 58.9 Å². The largest absolute Gasteiger partial charge is 0.350 e. The molecule has 30 heavy (non-hydrogen) atoms. The predicted octanol–water partition coefficient (Wildman–Crippen LogP) is 6.25. The molecule has 1 aliphatic rings. The molecule has 0 saturated carbocycles. The Kier molecular flexibility index (Phi) is 6.88. The number of aryl methyl sites for hydroxylation is 1. The van der Waals surface area contributed by atoms with E-state index in [9.17, 15) is 4.79 Å². The molecule has 2 aromatic heterocycles. The van der Waals surface area contributed by atoms with Crippen molar-refractivity contribution in [1.82, 2.24) is 9.55 Å². The number of hydrogen-bond acceptors (Lipinski definition) is 4. The average molecular weight is 424 g/mol. The highest BCUT2D eigenvalue weighted by atomic mass is 32.1. The van der Waals surface area contributed by atoms with Gasteiger partial charge in [-0.3, -0.25) is 4.79 Å². The average Bonchev–Trinajstić information content (AvgIpc) is 3.39. The fourth-order valence-electron chi connectivity index (χ4n) is 4.66. The molecule has 3 heterocycles. The van der Waals surface area contributed by atoms with Gasteiger partial charge in [0.1, 0.15) is 0 Å². The van der Waals surface area contributed by atoms with Gasteiger partial charge in [-0.1, -0.05) is 49.3 Å². The third-order valence-corrected chi connectivity index (χ3v) is 7.42. The van der Waals surface area contributed by atoms with Crippen LogP contribution < -0.4 is 4.90 Å². The highest BCUT2D eigenvalue weighted by Gasteiger charge is 2.21. The van der Waals surface area contributed by atoms with Crippen molar-refractivity contribution < 1.29 is 4.79 Å². The van der Waals surface area contributed by atoms with Crippen molar-refractivity contribution >= 4 is 33.2 Å². The lowest BCUT2D eigenvalue weighted by molar-refractivity contribution is 0.0962. The molecule has 1 saturated heterocycles. The SMILES string of the molecule is CCCCC(CC(=O)c1cnc(N2CCCCC2)s1)Cc1cn(C)c2ccccc12. The van der Waals surface area contributed by atoms with E-state index in [1.165, 1.54) is 48.6 Å². The van der Waals surface area contributed by atoms with Gasteiger partial charge in [0.25, 0.3) is 0 Å². The third-order valence-electron chi connectivity index (χ3n) is 6.32. The van der Waals surface area contributed by atoms with E-state index in [4.69, 9.17) is 0 Å². The molecule has 1 unspecified atom stereocenters. The Hall–Kier alpha value is -2.14. The predicted molar refractivity (Wildman–Crippen MR) is 127 cm³/mol. The zero-order valence-electron chi connectivity index (χ0n) is 18.3. The van der Waals surface area contributed by atoms with Gasteiger partial charge in [0.15, 0.2) is 10.9 Å². The van der Waals surface area contributed by atoms with Crippen molar-refractivity contribution in [2.45, 2.75) is 58.3 Å². The second-order valence-electron chi connectivity index (χ2n) is 8.68.